The van der Waals surface area contributed by atoms with Gasteiger partial charge in [-0.3, -0.25) is 9.59 Å². The molecule has 9 heteroatoms. The van der Waals surface area contributed by atoms with Gasteiger partial charge in [-0.1, -0.05) is 30.3 Å². The molecule has 0 bridgehead atoms. The number of sulfonamides is 1. The molecule has 0 atom stereocenters. The minimum absolute atomic E-state index is 0.0377. The van der Waals surface area contributed by atoms with Crippen LogP contribution in [0.15, 0.2) is 64.4 Å². The van der Waals surface area contributed by atoms with Crippen molar-refractivity contribution in [1.29, 1.82) is 5.26 Å². The Morgan fingerprint density at radius 2 is 1.84 bits per heavy atom. The average molecular weight is 439 g/mol. The third-order valence-corrected chi connectivity index (χ3v) is 6.79. The second-order valence-electron chi connectivity index (χ2n) is 7.12. The third-order valence-electron chi connectivity index (χ3n) is 4.94. The van der Waals surface area contributed by atoms with Crippen molar-refractivity contribution >= 4 is 26.8 Å². The van der Waals surface area contributed by atoms with Crippen molar-refractivity contribution in [2.75, 3.05) is 20.6 Å². The molecule has 3 aromatic rings. The maximum Gasteiger partial charge on any atom is 0.259 e. The van der Waals surface area contributed by atoms with Crippen molar-refractivity contribution < 1.29 is 13.2 Å². The fourth-order valence-corrected chi connectivity index (χ4v) is 4.36. The Balaban J connectivity index is 1.96. The molecule has 0 aliphatic heterocycles. The largest absolute Gasteiger partial charge is 0.360 e. The highest BCUT2D eigenvalue weighted by Crippen LogP contribution is 2.19. The van der Waals surface area contributed by atoms with Crippen LogP contribution in [0.5, 0.6) is 0 Å². The lowest BCUT2D eigenvalue weighted by Crippen LogP contribution is -2.31. The number of nitrogens with zero attached hydrogens (tertiary/aromatic N) is 3. The molecule has 1 heterocycles. The molecular weight excluding hydrogens is 416 g/mol. The first-order chi connectivity index (χ1) is 14.8. The lowest BCUT2D eigenvalue weighted by Gasteiger charge is -2.18. The summed E-state index contributed by atoms with van der Waals surface area (Å²) in [6.45, 7) is 0.366. The fraction of sp³-hybridized carbons (Fsp3) is 0.227. The van der Waals surface area contributed by atoms with Crippen LogP contribution in [0.1, 0.15) is 22.3 Å². The summed E-state index contributed by atoms with van der Waals surface area (Å²) in [5.74, 6) is -0.466. The number of carbonyl (C=O) groups is 1. The molecule has 0 spiro atoms. The van der Waals surface area contributed by atoms with E-state index in [2.05, 4.69) is 4.98 Å². The highest BCUT2D eigenvalue weighted by Gasteiger charge is 2.23. The van der Waals surface area contributed by atoms with Gasteiger partial charge in [0.2, 0.25) is 15.5 Å². The molecule has 1 N–H and O–H groups in total. The molecule has 0 saturated heterocycles. The molecule has 3 rings (SSSR count). The summed E-state index contributed by atoms with van der Waals surface area (Å²) < 4.78 is 26.6. The summed E-state index contributed by atoms with van der Waals surface area (Å²) >= 11 is 0. The van der Waals surface area contributed by atoms with Crippen molar-refractivity contribution in [1.82, 2.24) is 14.2 Å². The molecule has 2 aromatic carbocycles. The van der Waals surface area contributed by atoms with Crippen LogP contribution in [-0.4, -0.2) is 49.2 Å². The lowest BCUT2D eigenvalue weighted by atomic mass is 10.1. The van der Waals surface area contributed by atoms with Gasteiger partial charge in [0.05, 0.1) is 11.0 Å². The van der Waals surface area contributed by atoms with E-state index in [1.54, 1.807) is 7.05 Å². The van der Waals surface area contributed by atoms with Crippen LogP contribution in [-0.2, 0) is 16.6 Å². The van der Waals surface area contributed by atoms with E-state index >= 15 is 0 Å². The number of rotatable bonds is 7. The van der Waals surface area contributed by atoms with E-state index in [-0.39, 0.29) is 28.8 Å². The quantitative estimate of drug-likeness (QED) is 0.608. The van der Waals surface area contributed by atoms with Crippen LogP contribution in [0, 0.1) is 11.3 Å². The number of pyridine rings is 1. The number of hydrogen-bond acceptors (Lipinski definition) is 5. The van der Waals surface area contributed by atoms with Gasteiger partial charge in [-0.25, -0.2) is 8.42 Å². The first-order valence-electron chi connectivity index (χ1n) is 9.54. The Morgan fingerprint density at radius 1 is 1.13 bits per heavy atom. The molecule has 0 unspecified atom stereocenters. The Labute approximate surface area is 180 Å². The molecule has 31 heavy (non-hydrogen) atoms. The Kier molecular flexibility index (Phi) is 6.53. The van der Waals surface area contributed by atoms with Gasteiger partial charge in [0.1, 0.15) is 5.56 Å². The van der Waals surface area contributed by atoms with Crippen LogP contribution in [0.4, 0.5) is 0 Å². The van der Waals surface area contributed by atoms with Gasteiger partial charge in [0.25, 0.3) is 5.91 Å². The summed E-state index contributed by atoms with van der Waals surface area (Å²) in [4.78, 5) is 30.2. The first kappa shape index (κ1) is 22.2. The topological polar surface area (TPSA) is 114 Å². The number of H-pyrrole nitrogens is 1. The van der Waals surface area contributed by atoms with Crippen LogP contribution >= 0.6 is 0 Å². The summed E-state index contributed by atoms with van der Waals surface area (Å²) in [6, 6.07) is 15.4. The Hall–Kier alpha value is -3.48. The standard InChI is InChI=1S/C22H22N4O4S/c1-25(15-16-7-4-3-5-8-16)22(28)19-14-24-20-10-9-17(13-18(20)21(19)27)31(29,30)26(2)12-6-11-23/h3-5,7-10,13-14H,6,12,15H2,1-2H3,(H,24,27). The molecule has 0 fully saturated rings. The average Bonchev–Trinajstić information content (AvgIpc) is 2.77. The van der Waals surface area contributed by atoms with Gasteiger partial charge in [0.15, 0.2) is 0 Å². The number of aromatic nitrogens is 1. The van der Waals surface area contributed by atoms with Gasteiger partial charge in [-0.05, 0) is 23.8 Å². The molecule has 1 aromatic heterocycles. The first-order valence-corrected chi connectivity index (χ1v) is 11.0. The predicted octanol–water partition coefficient (Wildman–Crippen LogP) is 2.33. The summed E-state index contributed by atoms with van der Waals surface area (Å²) in [5, 5.41) is 8.80. The zero-order valence-electron chi connectivity index (χ0n) is 17.2. The van der Waals surface area contributed by atoms with Crippen molar-refractivity contribution in [3.8, 4) is 6.07 Å². The summed E-state index contributed by atoms with van der Waals surface area (Å²) in [7, 11) is -0.900. The van der Waals surface area contributed by atoms with Crippen molar-refractivity contribution in [3.05, 3.63) is 76.1 Å². The number of nitrogens with one attached hydrogen (secondary N) is 1. The molecule has 0 aliphatic carbocycles. The number of aromatic amines is 1. The van der Waals surface area contributed by atoms with Crippen LogP contribution < -0.4 is 5.43 Å². The molecule has 0 radical (unpaired) electrons. The number of hydrogen-bond donors (Lipinski definition) is 1. The van der Waals surface area contributed by atoms with Crippen molar-refractivity contribution in [3.63, 3.8) is 0 Å². The minimum Gasteiger partial charge on any atom is -0.360 e. The zero-order valence-corrected chi connectivity index (χ0v) is 18.0. The number of amides is 1. The number of fused-ring (bicyclic) bond motifs is 1. The van der Waals surface area contributed by atoms with E-state index in [1.165, 1.54) is 36.3 Å². The molecule has 0 saturated carbocycles. The van der Waals surface area contributed by atoms with Crippen LogP contribution in [0.2, 0.25) is 0 Å². The molecule has 0 aliphatic rings. The number of benzene rings is 2. The van der Waals surface area contributed by atoms with Gasteiger partial charge in [-0.15, -0.1) is 0 Å². The molecule has 8 nitrogen and oxygen atoms in total. The maximum absolute atomic E-state index is 13.0. The van der Waals surface area contributed by atoms with E-state index in [4.69, 9.17) is 5.26 Å². The highest BCUT2D eigenvalue weighted by atomic mass is 32.2. The van der Waals surface area contributed by atoms with E-state index in [0.717, 1.165) is 9.87 Å². The number of carbonyl (C=O) groups excluding carboxylic acids is 1. The third kappa shape index (κ3) is 4.66. The monoisotopic (exact) mass is 438 g/mol. The van der Waals surface area contributed by atoms with E-state index in [0.29, 0.717) is 12.1 Å². The minimum atomic E-state index is -3.88. The van der Waals surface area contributed by atoms with Gasteiger partial charge < -0.3 is 9.88 Å². The van der Waals surface area contributed by atoms with E-state index in [1.807, 2.05) is 36.4 Å². The van der Waals surface area contributed by atoms with Crippen LogP contribution in [0.3, 0.4) is 0 Å². The molecule has 1 amide bonds. The second-order valence-corrected chi connectivity index (χ2v) is 9.17. The molecular formula is C22H22N4O4S. The van der Waals surface area contributed by atoms with Gasteiger partial charge >= 0.3 is 0 Å². The smallest absolute Gasteiger partial charge is 0.259 e. The maximum atomic E-state index is 13.0. The van der Waals surface area contributed by atoms with E-state index in [9.17, 15) is 18.0 Å². The highest BCUT2D eigenvalue weighted by molar-refractivity contribution is 7.89. The normalized spacial score (nSPS) is 11.4. The lowest BCUT2D eigenvalue weighted by molar-refractivity contribution is 0.0783. The summed E-state index contributed by atoms with van der Waals surface area (Å²) in [5.41, 5.74) is 0.726. The van der Waals surface area contributed by atoms with Crippen LogP contribution in [0.25, 0.3) is 10.9 Å². The van der Waals surface area contributed by atoms with Crippen molar-refractivity contribution in [2.45, 2.75) is 17.9 Å². The fourth-order valence-electron chi connectivity index (χ4n) is 3.16. The molecule has 160 valence electrons. The Bertz CT molecular complexity index is 1310. The van der Waals surface area contributed by atoms with E-state index < -0.39 is 21.4 Å². The Morgan fingerprint density at radius 3 is 2.52 bits per heavy atom. The van der Waals surface area contributed by atoms with Gasteiger partial charge in [0, 0.05) is 50.7 Å². The zero-order chi connectivity index (χ0) is 22.6. The predicted molar refractivity (Wildman–Crippen MR) is 117 cm³/mol. The number of nitriles is 1. The SMILES string of the molecule is CN(Cc1ccccc1)C(=O)c1c[nH]c2ccc(S(=O)(=O)N(C)CCC#N)cc2c1=O. The van der Waals surface area contributed by atoms with Crippen molar-refractivity contribution in [2.24, 2.45) is 0 Å². The summed E-state index contributed by atoms with van der Waals surface area (Å²) in [6.07, 6.45) is 1.40. The second kappa shape index (κ2) is 9.12. The van der Waals surface area contributed by atoms with Gasteiger partial charge in [-0.2, -0.15) is 9.57 Å².